The molecule has 0 bridgehead atoms. The zero-order valence-corrected chi connectivity index (χ0v) is 18.1. The van der Waals surface area contributed by atoms with E-state index in [1.807, 2.05) is 30.3 Å². The molecule has 1 aliphatic heterocycles. The fourth-order valence-electron chi connectivity index (χ4n) is 3.86. The van der Waals surface area contributed by atoms with E-state index < -0.39 is 16.1 Å². The van der Waals surface area contributed by atoms with Gasteiger partial charge in [-0.2, -0.15) is 0 Å². The first-order valence-electron chi connectivity index (χ1n) is 10.2. The first-order chi connectivity index (χ1) is 15.3. The molecular weight excluding hydrogens is 426 g/mol. The molecule has 1 unspecified atom stereocenters. The van der Waals surface area contributed by atoms with Gasteiger partial charge in [0.2, 0.25) is 15.9 Å². The Hall–Kier alpha value is -3.49. The number of nitrogens with one attached hydrogen (secondary N) is 1. The number of hydrogen-bond donors (Lipinski definition) is 2. The summed E-state index contributed by atoms with van der Waals surface area (Å²) in [5.74, 6) is -0.444. The van der Waals surface area contributed by atoms with Crippen LogP contribution in [0.25, 0.3) is 0 Å². The van der Waals surface area contributed by atoms with Gasteiger partial charge < -0.3 is 5.32 Å². The Kier molecular flexibility index (Phi) is 6.07. The third kappa shape index (κ3) is 4.56. The summed E-state index contributed by atoms with van der Waals surface area (Å²) < 4.78 is 22.7. The number of nitrogens with two attached hydrogens (primary N) is 1. The lowest BCUT2D eigenvalue weighted by Gasteiger charge is -2.25. The minimum Gasteiger partial charge on any atom is -0.354 e. The number of fused-ring (bicyclic) bond motifs is 1. The van der Waals surface area contributed by atoms with E-state index in [2.05, 4.69) is 5.32 Å². The van der Waals surface area contributed by atoms with Gasteiger partial charge in [0.1, 0.15) is 6.04 Å². The van der Waals surface area contributed by atoms with E-state index in [-0.39, 0.29) is 16.7 Å². The molecule has 0 aliphatic carbocycles. The molecule has 0 aromatic heterocycles. The van der Waals surface area contributed by atoms with Gasteiger partial charge in [-0.15, -0.1) is 0 Å². The maximum Gasteiger partial charge on any atom is 0.259 e. The molecule has 1 atom stereocenters. The summed E-state index contributed by atoms with van der Waals surface area (Å²) >= 11 is 0. The van der Waals surface area contributed by atoms with Crippen LogP contribution in [0.3, 0.4) is 0 Å². The normalized spacial score (nSPS) is 15.3. The van der Waals surface area contributed by atoms with Gasteiger partial charge in [-0.3, -0.25) is 14.5 Å². The molecule has 1 aliphatic rings. The van der Waals surface area contributed by atoms with Crippen molar-refractivity contribution in [1.29, 1.82) is 0 Å². The molecule has 0 saturated heterocycles. The molecule has 8 heteroatoms. The second-order valence-electron chi connectivity index (χ2n) is 7.62. The highest BCUT2D eigenvalue weighted by Gasteiger charge is 2.38. The van der Waals surface area contributed by atoms with Crippen LogP contribution in [0.4, 0.5) is 5.69 Å². The van der Waals surface area contributed by atoms with Crippen molar-refractivity contribution in [2.45, 2.75) is 23.8 Å². The third-order valence-electron chi connectivity index (χ3n) is 5.48. The van der Waals surface area contributed by atoms with Gasteiger partial charge in [-0.1, -0.05) is 48.5 Å². The molecule has 3 aromatic carbocycles. The summed E-state index contributed by atoms with van der Waals surface area (Å²) in [5, 5.41) is 8.03. The summed E-state index contributed by atoms with van der Waals surface area (Å²) in [6.45, 7) is 0.355. The first-order valence-corrected chi connectivity index (χ1v) is 11.8. The summed E-state index contributed by atoms with van der Waals surface area (Å²) in [6.07, 6.45) is 0.965. The SMILES string of the molecule is NS(=O)(=O)c1ccc(CCNC(=O)C2Cc3ccccc3N2C(=O)c2ccccc2)cc1. The van der Waals surface area contributed by atoms with Crippen molar-refractivity contribution in [3.8, 4) is 0 Å². The highest BCUT2D eigenvalue weighted by Crippen LogP contribution is 2.33. The largest absolute Gasteiger partial charge is 0.354 e. The minimum absolute atomic E-state index is 0.0454. The average Bonchev–Trinajstić information content (AvgIpc) is 3.18. The van der Waals surface area contributed by atoms with Gasteiger partial charge >= 0.3 is 0 Å². The van der Waals surface area contributed by atoms with Gasteiger partial charge in [-0.25, -0.2) is 13.6 Å². The van der Waals surface area contributed by atoms with Crippen LogP contribution in [0.1, 0.15) is 21.5 Å². The average molecular weight is 450 g/mol. The lowest BCUT2D eigenvalue weighted by molar-refractivity contribution is -0.122. The smallest absolute Gasteiger partial charge is 0.259 e. The van der Waals surface area contributed by atoms with Crippen LogP contribution in [0.2, 0.25) is 0 Å². The van der Waals surface area contributed by atoms with Crippen molar-refractivity contribution in [2.24, 2.45) is 5.14 Å². The first kappa shape index (κ1) is 21.7. The molecule has 3 N–H and O–H groups in total. The number of hydrogen-bond acceptors (Lipinski definition) is 4. The van der Waals surface area contributed by atoms with E-state index in [4.69, 9.17) is 5.14 Å². The van der Waals surface area contributed by atoms with Crippen LogP contribution in [-0.2, 0) is 27.7 Å². The summed E-state index contributed by atoms with van der Waals surface area (Å²) in [7, 11) is -3.74. The zero-order chi connectivity index (χ0) is 22.7. The predicted molar refractivity (Wildman–Crippen MR) is 122 cm³/mol. The second-order valence-corrected chi connectivity index (χ2v) is 9.18. The predicted octanol–water partition coefficient (Wildman–Crippen LogP) is 2.26. The number of carbonyl (C=O) groups excluding carboxylic acids is 2. The Morgan fingerprint density at radius 2 is 1.59 bits per heavy atom. The lowest BCUT2D eigenvalue weighted by atomic mass is 10.1. The minimum atomic E-state index is -3.74. The molecule has 2 amide bonds. The molecule has 1 heterocycles. The molecule has 0 saturated carbocycles. The number of carbonyl (C=O) groups is 2. The van der Waals surface area contributed by atoms with Crippen molar-refractivity contribution in [3.05, 3.63) is 95.6 Å². The van der Waals surface area contributed by atoms with Crippen LogP contribution >= 0.6 is 0 Å². The maximum atomic E-state index is 13.2. The summed E-state index contributed by atoms with van der Waals surface area (Å²) in [5.41, 5.74) is 3.09. The Morgan fingerprint density at radius 3 is 2.28 bits per heavy atom. The third-order valence-corrected chi connectivity index (χ3v) is 6.41. The molecule has 4 rings (SSSR count). The van der Waals surface area contributed by atoms with E-state index in [1.165, 1.54) is 12.1 Å². The highest BCUT2D eigenvalue weighted by atomic mass is 32.2. The van der Waals surface area contributed by atoms with Crippen LogP contribution in [-0.4, -0.2) is 32.8 Å². The number of benzene rings is 3. The lowest BCUT2D eigenvalue weighted by Crippen LogP contribution is -2.48. The molecule has 0 spiro atoms. The van der Waals surface area contributed by atoms with Crippen LogP contribution in [0.15, 0.2) is 83.8 Å². The van der Waals surface area contributed by atoms with E-state index >= 15 is 0 Å². The van der Waals surface area contributed by atoms with Crippen molar-refractivity contribution in [1.82, 2.24) is 5.32 Å². The Balaban J connectivity index is 1.46. The standard InChI is InChI=1S/C24H23N3O4S/c25-32(30,31)20-12-10-17(11-13-20)14-15-26-23(28)22-16-19-8-4-5-9-21(19)27(22)24(29)18-6-2-1-3-7-18/h1-13,22H,14-16H2,(H,26,28)(H2,25,30,31). The van der Waals surface area contributed by atoms with Gasteiger partial charge in [0.05, 0.1) is 4.90 Å². The van der Waals surface area contributed by atoms with Gasteiger partial charge in [0, 0.05) is 24.2 Å². The van der Waals surface area contributed by atoms with Crippen molar-refractivity contribution in [3.63, 3.8) is 0 Å². The quantitative estimate of drug-likeness (QED) is 0.602. The number of primary sulfonamides is 1. The number of sulfonamides is 1. The van der Waals surface area contributed by atoms with Crippen LogP contribution in [0, 0.1) is 0 Å². The Bertz CT molecular complexity index is 1240. The summed E-state index contributed by atoms with van der Waals surface area (Å²) in [6, 6.07) is 22.1. The molecular formula is C24H23N3O4S. The van der Waals surface area contributed by atoms with E-state index in [0.29, 0.717) is 24.9 Å². The van der Waals surface area contributed by atoms with Gasteiger partial charge in [0.25, 0.3) is 5.91 Å². The molecule has 7 nitrogen and oxygen atoms in total. The van der Waals surface area contributed by atoms with Gasteiger partial charge in [0.15, 0.2) is 0 Å². The molecule has 32 heavy (non-hydrogen) atoms. The Morgan fingerprint density at radius 1 is 0.938 bits per heavy atom. The number of para-hydroxylation sites is 1. The van der Waals surface area contributed by atoms with E-state index in [1.54, 1.807) is 41.3 Å². The van der Waals surface area contributed by atoms with Crippen molar-refractivity contribution < 1.29 is 18.0 Å². The van der Waals surface area contributed by atoms with Gasteiger partial charge in [-0.05, 0) is 47.9 Å². The molecule has 3 aromatic rings. The van der Waals surface area contributed by atoms with E-state index in [0.717, 1.165) is 16.8 Å². The molecule has 0 fully saturated rings. The molecule has 0 radical (unpaired) electrons. The maximum absolute atomic E-state index is 13.2. The zero-order valence-electron chi connectivity index (χ0n) is 17.3. The Labute approximate surface area is 186 Å². The van der Waals surface area contributed by atoms with Crippen LogP contribution < -0.4 is 15.4 Å². The highest BCUT2D eigenvalue weighted by molar-refractivity contribution is 7.89. The van der Waals surface area contributed by atoms with Crippen molar-refractivity contribution in [2.75, 3.05) is 11.4 Å². The molecule has 164 valence electrons. The topological polar surface area (TPSA) is 110 Å². The second kappa shape index (κ2) is 8.94. The van der Waals surface area contributed by atoms with Crippen LogP contribution in [0.5, 0.6) is 0 Å². The fraction of sp³-hybridized carbons (Fsp3) is 0.167. The van der Waals surface area contributed by atoms with E-state index in [9.17, 15) is 18.0 Å². The number of anilines is 1. The number of amides is 2. The van der Waals surface area contributed by atoms with Crippen molar-refractivity contribution >= 4 is 27.5 Å². The number of rotatable bonds is 6. The fourth-order valence-corrected chi connectivity index (χ4v) is 4.38. The summed E-state index contributed by atoms with van der Waals surface area (Å²) in [4.78, 5) is 27.9. The number of nitrogens with zero attached hydrogens (tertiary/aromatic N) is 1. The monoisotopic (exact) mass is 449 g/mol.